The highest BCUT2D eigenvalue weighted by atomic mass is 16.2. The zero-order valence-electron chi connectivity index (χ0n) is 11.6. The van der Waals surface area contributed by atoms with Gasteiger partial charge in [0, 0.05) is 24.4 Å². The molecule has 2 rings (SSSR count). The Kier molecular flexibility index (Phi) is 3.78. The van der Waals surface area contributed by atoms with Crippen LogP contribution in [0.1, 0.15) is 32.8 Å². The van der Waals surface area contributed by atoms with Crippen LogP contribution in [0.25, 0.3) is 5.78 Å². The second kappa shape index (κ2) is 5.34. The van der Waals surface area contributed by atoms with E-state index in [1.807, 2.05) is 27.0 Å². The minimum absolute atomic E-state index is 0.0809. The Hall–Kier alpha value is -1.98. The Bertz CT molecular complexity index is 570. The fraction of sp³-hybridized carbons (Fsp3) is 0.538. The lowest BCUT2D eigenvalue weighted by Gasteiger charge is -2.17. The molecule has 0 bridgehead atoms. The Balaban J connectivity index is 1.81. The van der Waals surface area contributed by atoms with Gasteiger partial charge in [-0.3, -0.25) is 4.79 Å². The highest BCUT2D eigenvalue weighted by Crippen LogP contribution is 2.12. The predicted molar refractivity (Wildman–Crippen MR) is 71.6 cm³/mol. The van der Waals surface area contributed by atoms with E-state index in [1.165, 1.54) is 6.33 Å². The highest BCUT2D eigenvalue weighted by molar-refractivity contribution is 5.81. The molecule has 0 saturated heterocycles. The quantitative estimate of drug-likeness (QED) is 0.840. The molecule has 2 aromatic heterocycles. The fourth-order valence-electron chi connectivity index (χ4n) is 1.65. The molecular formula is C13H19N5O. The lowest BCUT2D eigenvalue weighted by molar-refractivity contribution is -0.128. The van der Waals surface area contributed by atoms with E-state index < -0.39 is 0 Å². The molecule has 0 aliphatic rings. The lowest BCUT2D eigenvalue weighted by Crippen LogP contribution is -2.35. The molecule has 2 aromatic rings. The summed E-state index contributed by atoms with van der Waals surface area (Å²) < 4.78 is 1.66. The molecule has 0 aliphatic carbocycles. The first kappa shape index (κ1) is 13.5. The summed E-state index contributed by atoms with van der Waals surface area (Å²) in [5.41, 5.74) is 0.754. The molecule has 0 aromatic carbocycles. The van der Waals surface area contributed by atoms with Crippen LogP contribution in [0.3, 0.4) is 0 Å². The van der Waals surface area contributed by atoms with Gasteiger partial charge in [-0.05, 0) is 18.4 Å². The van der Waals surface area contributed by atoms with Crippen molar-refractivity contribution in [3.8, 4) is 0 Å². The van der Waals surface area contributed by atoms with Crippen LogP contribution in [-0.2, 0) is 11.2 Å². The number of aromatic nitrogens is 4. The number of amides is 1. The van der Waals surface area contributed by atoms with Crippen LogP contribution in [0.2, 0.25) is 0 Å². The average molecular weight is 261 g/mol. The summed E-state index contributed by atoms with van der Waals surface area (Å²) in [6, 6.07) is 0. The van der Waals surface area contributed by atoms with Crippen molar-refractivity contribution in [1.82, 2.24) is 24.9 Å². The van der Waals surface area contributed by atoms with E-state index in [2.05, 4.69) is 20.4 Å². The van der Waals surface area contributed by atoms with Crippen LogP contribution in [-0.4, -0.2) is 32.0 Å². The SMILES string of the molecule is CC(C)(C)C(=O)NCCCc1cnc2ncnn2c1. The molecule has 6 heteroatoms. The molecule has 0 spiro atoms. The van der Waals surface area contributed by atoms with Crippen molar-refractivity contribution in [2.75, 3.05) is 6.54 Å². The van der Waals surface area contributed by atoms with Crippen molar-refractivity contribution in [2.45, 2.75) is 33.6 Å². The summed E-state index contributed by atoms with van der Waals surface area (Å²) in [6.45, 7) is 6.40. The average Bonchev–Trinajstić information content (AvgIpc) is 2.80. The van der Waals surface area contributed by atoms with Crippen LogP contribution in [0.5, 0.6) is 0 Å². The number of carbonyl (C=O) groups excluding carboxylic acids is 1. The van der Waals surface area contributed by atoms with E-state index in [0.29, 0.717) is 12.3 Å². The molecule has 0 atom stereocenters. The molecular weight excluding hydrogens is 242 g/mol. The number of nitrogens with zero attached hydrogens (tertiary/aromatic N) is 4. The van der Waals surface area contributed by atoms with Gasteiger partial charge in [-0.2, -0.15) is 10.1 Å². The third-order valence-electron chi connectivity index (χ3n) is 2.80. The van der Waals surface area contributed by atoms with Crippen molar-refractivity contribution >= 4 is 11.7 Å². The minimum atomic E-state index is -0.332. The van der Waals surface area contributed by atoms with Crippen LogP contribution < -0.4 is 5.32 Å². The maximum atomic E-state index is 11.7. The van der Waals surface area contributed by atoms with Gasteiger partial charge >= 0.3 is 0 Å². The number of hydrogen-bond acceptors (Lipinski definition) is 4. The predicted octanol–water partition coefficient (Wildman–Crippen LogP) is 1.22. The van der Waals surface area contributed by atoms with E-state index in [0.717, 1.165) is 18.4 Å². The van der Waals surface area contributed by atoms with Gasteiger partial charge in [0.25, 0.3) is 5.78 Å². The Morgan fingerprint density at radius 2 is 2.16 bits per heavy atom. The summed E-state index contributed by atoms with van der Waals surface area (Å²) in [5.74, 6) is 0.683. The fourth-order valence-corrected chi connectivity index (χ4v) is 1.65. The van der Waals surface area contributed by atoms with Gasteiger partial charge in [0.15, 0.2) is 0 Å². The Morgan fingerprint density at radius 1 is 1.37 bits per heavy atom. The van der Waals surface area contributed by atoms with Crippen molar-refractivity contribution in [2.24, 2.45) is 5.41 Å². The number of rotatable bonds is 4. The summed E-state index contributed by atoms with van der Waals surface area (Å²) in [4.78, 5) is 19.9. The smallest absolute Gasteiger partial charge is 0.252 e. The maximum absolute atomic E-state index is 11.7. The van der Waals surface area contributed by atoms with E-state index in [9.17, 15) is 4.79 Å². The van der Waals surface area contributed by atoms with Crippen molar-refractivity contribution < 1.29 is 4.79 Å². The Morgan fingerprint density at radius 3 is 2.89 bits per heavy atom. The molecule has 0 aliphatic heterocycles. The van der Waals surface area contributed by atoms with Gasteiger partial charge < -0.3 is 5.32 Å². The molecule has 1 amide bonds. The molecule has 6 nitrogen and oxygen atoms in total. The summed E-state index contributed by atoms with van der Waals surface area (Å²) in [6.07, 6.45) is 6.93. The van der Waals surface area contributed by atoms with Crippen LogP contribution in [0.4, 0.5) is 0 Å². The van der Waals surface area contributed by atoms with E-state index in [4.69, 9.17) is 0 Å². The summed E-state index contributed by atoms with van der Waals surface area (Å²) in [5, 5.41) is 6.97. The number of aryl methyl sites for hydroxylation is 1. The van der Waals surface area contributed by atoms with Crippen molar-refractivity contribution in [1.29, 1.82) is 0 Å². The monoisotopic (exact) mass is 261 g/mol. The summed E-state index contributed by atoms with van der Waals surface area (Å²) >= 11 is 0. The molecule has 102 valence electrons. The molecule has 19 heavy (non-hydrogen) atoms. The molecule has 0 saturated carbocycles. The minimum Gasteiger partial charge on any atom is -0.356 e. The number of nitrogens with one attached hydrogen (secondary N) is 1. The number of hydrogen-bond donors (Lipinski definition) is 1. The Labute approximate surface area is 112 Å². The van der Waals surface area contributed by atoms with Gasteiger partial charge in [0.1, 0.15) is 6.33 Å². The van der Waals surface area contributed by atoms with E-state index in [-0.39, 0.29) is 11.3 Å². The van der Waals surface area contributed by atoms with E-state index >= 15 is 0 Å². The normalized spacial score (nSPS) is 11.7. The van der Waals surface area contributed by atoms with Gasteiger partial charge in [-0.15, -0.1) is 0 Å². The molecule has 0 fully saturated rings. The third kappa shape index (κ3) is 3.49. The molecule has 0 unspecified atom stereocenters. The maximum Gasteiger partial charge on any atom is 0.252 e. The van der Waals surface area contributed by atoms with Gasteiger partial charge in [-0.25, -0.2) is 9.50 Å². The summed E-state index contributed by atoms with van der Waals surface area (Å²) in [7, 11) is 0. The third-order valence-corrected chi connectivity index (χ3v) is 2.80. The van der Waals surface area contributed by atoms with Crippen molar-refractivity contribution in [3.05, 3.63) is 24.3 Å². The highest BCUT2D eigenvalue weighted by Gasteiger charge is 2.20. The van der Waals surface area contributed by atoms with E-state index in [1.54, 1.807) is 10.7 Å². The van der Waals surface area contributed by atoms with Gasteiger partial charge in [-0.1, -0.05) is 20.8 Å². The zero-order chi connectivity index (χ0) is 13.9. The molecule has 0 radical (unpaired) electrons. The first-order valence-corrected chi connectivity index (χ1v) is 6.39. The second-order valence-corrected chi connectivity index (χ2v) is 5.58. The standard InChI is InChI=1S/C13H19N5O/c1-13(2,3)11(19)14-6-4-5-10-7-15-12-16-9-17-18(12)8-10/h7-9H,4-6H2,1-3H3,(H,14,19). The van der Waals surface area contributed by atoms with Gasteiger partial charge in [0.05, 0.1) is 0 Å². The number of carbonyl (C=O) groups is 1. The lowest BCUT2D eigenvalue weighted by atomic mass is 9.96. The van der Waals surface area contributed by atoms with Crippen molar-refractivity contribution in [3.63, 3.8) is 0 Å². The second-order valence-electron chi connectivity index (χ2n) is 5.58. The van der Waals surface area contributed by atoms with Crippen LogP contribution >= 0.6 is 0 Å². The van der Waals surface area contributed by atoms with Crippen LogP contribution in [0, 0.1) is 5.41 Å². The van der Waals surface area contributed by atoms with Crippen LogP contribution in [0.15, 0.2) is 18.7 Å². The molecule has 2 heterocycles. The topological polar surface area (TPSA) is 72.2 Å². The first-order valence-electron chi connectivity index (χ1n) is 6.39. The first-order chi connectivity index (χ1) is 8.97. The number of fused-ring (bicyclic) bond motifs is 1. The van der Waals surface area contributed by atoms with Gasteiger partial charge in [0.2, 0.25) is 5.91 Å². The largest absolute Gasteiger partial charge is 0.356 e. The molecule has 1 N–H and O–H groups in total. The zero-order valence-corrected chi connectivity index (χ0v) is 11.6.